The summed E-state index contributed by atoms with van der Waals surface area (Å²) in [6.45, 7) is 50.0. The highest BCUT2D eigenvalue weighted by Crippen LogP contribution is 2.38. The summed E-state index contributed by atoms with van der Waals surface area (Å²) in [7, 11) is -2.92. The number of nitrogens with zero attached hydrogens (tertiary/aromatic N) is 3. The molecule has 0 fully saturated rings. The lowest BCUT2D eigenvalue weighted by Gasteiger charge is -2.38. The molecule has 3 unspecified atom stereocenters. The minimum atomic E-state index is -2.92. The molecule has 0 saturated carbocycles. The van der Waals surface area contributed by atoms with Crippen molar-refractivity contribution in [2.75, 3.05) is 59.3 Å². The second kappa shape index (κ2) is 34.7. The molecule has 70 heavy (non-hydrogen) atoms. The summed E-state index contributed by atoms with van der Waals surface area (Å²) in [6.07, 6.45) is 17.5. The quantitative estimate of drug-likeness (QED) is 0.0394. The first-order valence-corrected chi connectivity index (χ1v) is 28.5. The van der Waals surface area contributed by atoms with Crippen LogP contribution in [-0.4, -0.2) is 66.6 Å². The van der Waals surface area contributed by atoms with Crippen molar-refractivity contribution in [1.29, 1.82) is 0 Å². The van der Waals surface area contributed by atoms with Crippen LogP contribution >= 0.6 is 0 Å². The molecule has 0 aliphatic carbocycles. The van der Waals surface area contributed by atoms with E-state index in [1.54, 1.807) is 33.4 Å². The van der Waals surface area contributed by atoms with Crippen LogP contribution in [-0.2, 0) is 57.8 Å². The highest BCUT2D eigenvalue weighted by atomic mass is 16.5. The number of quaternary nitrogens is 3. The van der Waals surface area contributed by atoms with Gasteiger partial charge in [0.05, 0.1) is 39.3 Å². The van der Waals surface area contributed by atoms with Gasteiger partial charge in [-0.05, 0) is 169 Å². The Kier molecular flexibility index (Phi) is 33.4. The number of hydrogen-bond donors (Lipinski definition) is 3. The van der Waals surface area contributed by atoms with E-state index in [4.69, 9.17) is 32.3 Å². The van der Waals surface area contributed by atoms with Crippen LogP contribution in [0.2, 0.25) is 0 Å². The van der Waals surface area contributed by atoms with E-state index in [9.17, 15) is 0 Å². The molecule has 3 atom stereocenters. The van der Waals surface area contributed by atoms with Crippen molar-refractivity contribution in [3.63, 3.8) is 0 Å². The van der Waals surface area contributed by atoms with Crippen LogP contribution in [0, 0.1) is 20.8 Å². The molecule has 0 spiro atoms. The molecule has 0 aliphatic heterocycles. The van der Waals surface area contributed by atoms with Crippen LogP contribution < -0.4 is 45.7 Å². The van der Waals surface area contributed by atoms with E-state index in [2.05, 4.69) is 143 Å². The topological polar surface area (TPSA) is 147 Å². The number of rotatable bonds is 27. The molecule has 10 heteroatoms. The normalized spacial score (nSPS) is 13.7. The zero-order chi connectivity index (χ0) is 53.8. The number of unbranched alkanes of at least 4 members (excludes halogenated alkanes) is 3. The molecule has 0 aromatic heterocycles. The maximum absolute atomic E-state index is 8.42. The summed E-state index contributed by atoms with van der Waals surface area (Å²) in [6, 6.07) is 7.41. The summed E-state index contributed by atoms with van der Waals surface area (Å²) in [5.41, 5.74) is 41.8. The van der Waals surface area contributed by atoms with Gasteiger partial charge in [-0.2, -0.15) is 0 Å². The second-order valence-corrected chi connectivity index (χ2v) is 19.5. The molecule has 402 valence electrons. The molecule has 6 N–H and O–H groups in total. The lowest BCUT2D eigenvalue weighted by atomic mass is 9.89. The molecule has 0 aliphatic rings. The van der Waals surface area contributed by atoms with Gasteiger partial charge < -0.3 is 15.1 Å². The van der Waals surface area contributed by atoms with Crippen LogP contribution in [0.4, 0.5) is 17.1 Å². The minimum Gasteiger partial charge on any atom is -0.907 e. The predicted octanol–water partition coefficient (Wildman–Crippen LogP) is 10.2. The van der Waals surface area contributed by atoms with Crippen molar-refractivity contribution in [3.8, 4) is 0 Å². The standard InChI is InChI=1S/3C20H37N2.BO3/c3*1-7-12-13-22(11-5,15-21)20-14-17(8-2)19(10-4)18(9-3)16(20)6;2-1(3)4/h3*14H,7-13,15,21H2,1-6H3;/q3*+1;-3. The number of hydrogen-bond acceptors (Lipinski definition) is 6. The van der Waals surface area contributed by atoms with E-state index in [1.807, 2.05) is 0 Å². The van der Waals surface area contributed by atoms with Crippen molar-refractivity contribution >= 4 is 24.4 Å². The summed E-state index contributed by atoms with van der Waals surface area (Å²) in [5, 5.41) is 25.2. The third-order valence-electron chi connectivity index (χ3n) is 16.2. The van der Waals surface area contributed by atoms with E-state index in [0.29, 0.717) is 20.0 Å². The van der Waals surface area contributed by atoms with Crippen LogP contribution in [0.15, 0.2) is 18.2 Å². The van der Waals surface area contributed by atoms with Gasteiger partial charge in [0.2, 0.25) is 0 Å². The molecular formula is C60H111BN6O3. The van der Waals surface area contributed by atoms with Crippen molar-refractivity contribution in [2.24, 2.45) is 17.2 Å². The summed E-state index contributed by atoms with van der Waals surface area (Å²) >= 11 is 0. The second-order valence-electron chi connectivity index (χ2n) is 19.5. The Morgan fingerprint density at radius 2 is 0.557 bits per heavy atom. The third kappa shape index (κ3) is 17.0. The Hall–Kier alpha value is -2.64. The van der Waals surface area contributed by atoms with Gasteiger partial charge >= 0.3 is 0 Å². The fourth-order valence-electron chi connectivity index (χ4n) is 11.7. The Morgan fingerprint density at radius 3 is 0.686 bits per heavy atom. The van der Waals surface area contributed by atoms with Crippen molar-refractivity contribution in [1.82, 2.24) is 13.4 Å². The van der Waals surface area contributed by atoms with Crippen LogP contribution in [0.25, 0.3) is 0 Å². The Balaban J connectivity index is 0.000000980. The van der Waals surface area contributed by atoms with Crippen molar-refractivity contribution in [3.05, 3.63) is 85.0 Å². The van der Waals surface area contributed by atoms with Gasteiger partial charge in [0.15, 0.2) is 0 Å². The smallest absolute Gasteiger partial charge is 0.137 e. The fraction of sp³-hybridized carbons (Fsp3) is 0.700. The number of benzene rings is 3. The molecule has 3 aromatic carbocycles. The van der Waals surface area contributed by atoms with Crippen LogP contribution in [0.3, 0.4) is 0 Å². The van der Waals surface area contributed by atoms with E-state index < -0.39 is 7.32 Å². The monoisotopic (exact) mass is 975 g/mol. The first kappa shape index (κ1) is 67.4. The first-order valence-electron chi connectivity index (χ1n) is 28.5. The van der Waals surface area contributed by atoms with Gasteiger partial charge in [0.25, 0.3) is 0 Å². The largest absolute Gasteiger partial charge is 0.907 e. The minimum absolute atomic E-state index is 0.703. The molecule has 3 rings (SSSR count). The van der Waals surface area contributed by atoms with Gasteiger partial charge in [0.1, 0.15) is 37.1 Å². The summed E-state index contributed by atoms with van der Waals surface area (Å²) < 4.78 is 2.80. The lowest BCUT2D eigenvalue weighted by molar-refractivity contribution is -0.479. The van der Waals surface area contributed by atoms with E-state index in [0.717, 1.165) is 111 Å². The highest BCUT2D eigenvalue weighted by Gasteiger charge is 2.33. The molecule has 0 saturated heterocycles. The van der Waals surface area contributed by atoms with Gasteiger partial charge in [-0.25, -0.2) is 0 Å². The molecule has 0 amide bonds. The van der Waals surface area contributed by atoms with Crippen LogP contribution in [0.5, 0.6) is 0 Å². The highest BCUT2D eigenvalue weighted by molar-refractivity contribution is 6.24. The fourth-order valence-corrected chi connectivity index (χ4v) is 11.7. The predicted molar refractivity (Wildman–Crippen MR) is 307 cm³/mol. The van der Waals surface area contributed by atoms with E-state index >= 15 is 0 Å². The zero-order valence-corrected chi connectivity index (χ0v) is 49.1. The molecule has 9 nitrogen and oxygen atoms in total. The molecule has 3 aromatic rings. The average Bonchev–Trinajstić information content (AvgIpc) is 3.37. The Morgan fingerprint density at radius 1 is 0.357 bits per heavy atom. The summed E-state index contributed by atoms with van der Waals surface area (Å²) in [4.78, 5) is 0. The molecule has 0 heterocycles. The Bertz CT molecular complexity index is 1700. The van der Waals surface area contributed by atoms with Gasteiger partial charge in [0, 0.05) is 34.9 Å². The number of aryl methyl sites for hydroxylation is 3. The molecular weight excluding hydrogens is 864 g/mol. The third-order valence-corrected chi connectivity index (χ3v) is 16.2. The van der Waals surface area contributed by atoms with Gasteiger partial charge in [-0.1, -0.05) is 102 Å². The van der Waals surface area contributed by atoms with Crippen LogP contribution in [0.1, 0.15) is 209 Å². The lowest BCUT2D eigenvalue weighted by Crippen LogP contribution is -2.56. The van der Waals surface area contributed by atoms with Crippen molar-refractivity contribution in [2.45, 2.75) is 221 Å². The van der Waals surface area contributed by atoms with Crippen molar-refractivity contribution < 1.29 is 15.1 Å². The maximum atomic E-state index is 8.42. The summed E-state index contributed by atoms with van der Waals surface area (Å²) in [5.74, 6) is 0. The number of nitrogens with two attached hydrogens (primary N) is 3. The SMILES string of the molecule is CCCC[N+](CC)(CN)c1cc(CC)c(CC)c(CC)c1C.CCCC[N+](CC)(CN)c1cc(CC)c(CC)c(CC)c1C.CCCC[N+](CC)(CN)c1cc(CC)c(CC)c(CC)c1C.[O-]B([O-])[O-]. The van der Waals surface area contributed by atoms with Gasteiger partial charge in [-0.15, -0.1) is 0 Å². The maximum Gasteiger partial charge on any atom is 0.137 e. The van der Waals surface area contributed by atoms with Gasteiger partial charge in [-0.3, -0.25) is 38.0 Å². The van der Waals surface area contributed by atoms with E-state index in [-0.39, 0.29) is 0 Å². The zero-order valence-electron chi connectivity index (χ0n) is 49.1. The van der Waals surface area contributed by atoms with E-state index in [1.165, 1.54) is 89.0 Å². The Labute approximate surface area is 433 Å². The molecule has 0 radical (unpaired) electrons. The molecule has 0 bridgehead atoms. The average molecular weight is 975 g/mol. The first-order chi connectivity index (χ1) is 33.4.